The number of hydrogen-bond donors (Lipinski definition) is 1. The predicted molar refractivity (Wildman–Crippen MR) is 79.4 cm³/mol. The van der Waals surface area contributed by atoms with E-state index < -0.39 is 15.4 Å². The average molecular weight is 298 g/mol. The fraction of sp³-hybridized carbons (Fsp3) is 0.643. The first kappa shape index (κ1) is 15.3. The number of pyridine rings is 1. The quantitative estimate of drug-likeness (QED) is 0.908. The average Bonchev–Trinajstić information content (AvgIpc) is 2.47. The Balaban J connectivity index is 2.16. The molecule has 1 saturated heterocycles. The monoisotopic (exact) mass is 298 g/mol. The number of nitrogens with zero attached hydrogens (tertiary/aromatic N) is 2. The molecule has 1 aliphatic heterocycles. The maximum Gasteiger partial charge on any atom is 0.151 e. The van der Waals surface area contributed by atoms with Crippen LogP contribution < -0.4 is 4.90 Å². The van der Waals surface area contributed by atoms with Crippen LogP contribution in [-0.2, 0) is 15.6 Å². The number of anilines is 1. The lowest BCUT2D eigenvalue weighted by molar-refractivity contribution is -0.00891. The molecule has 1 fully saturated rings. The minimum absolute atomic E-state index is 0.00346. The summed E-state index contributed by atoms with van der Waals surface area (Å²) in [5.74, 6) is 0.775. The van der Waals surface area contributed by atoms with Gasteiger partial charge in [-0.05, 0) is 18.6 Å². The summed E-state index contributed by atoms with van der Waals surface area (Å²) in [7, 11) is -3.04. The second kappa shape index (κ2) is 4.70. The number of sulfone groups is 1. The Morgan fingerprint density at radius 1 is 1.30 bits per heavy atom. The molecule has 5 nitrogen and oxygen atoms in total. The summed E-state index contributed by atoms with van der Waals surface area (Å²) in [6.45, 7) is 7.15. The van der Waals surface area contributed by atoms with Gasteiger partial charge in [-0.1, -0.05) is 19.9 Å². The van der Waals surface area contributed by atoms with Crippen molar-refractivity contribution in [2.45, 2.75) is 32.1 Å². The third-order valence-corrected chi connectivity index (χ3v) is 4.96. The van der Waals surface area contributed by atoms with E-state index in [4.69, 9.17) is 0 Å². The van der Waals surface area contributed by atoms with Crippen LogP contribution in [0.2, 0.25) is 0 Å². The van der Waals surface area contributed by atoms with Crippen LogP contribution in [0.25, 0.3) is 0 Å². The molecule has 0 amide bonds. The van der Waals surface area contributed by atoms with Crippen molar-refractivity contribution in [2.24, 2.45) is 5.41 Å². The SMILES string of the molecule is CC1(C)CN(c2ccc(CS(C)(=O)=O)cn2)C[C@]1(C)O. The molecule has 1 aromatic heterocycles. The van der Waals surface area contributed by atoms with Crippen molar-refractivity contribution < 1.29 is 13.5 Å². The summed E-state index contributed by atoms with van der Waals surface area (Å²) < 4.78 is 22.5. The second-order valence-electron chi connectivity index (χ2n) is 6.61. The van der Waals surface area contributed by atoms with Crippen molar-refractivity contribution in [3.05, 3.63) is 23.9 Å². The topological polar surface area (TPSA) is 70.5 Å². The van der Waals surface area contributed by atoms with Crippen molar-refractivity contribution in [1.82, 2.24) is 4.98 Å². The molecule has 0 saturated carbocycles. The molecule has 1 atom stereocenters. The minimum Gasteiger partial charge on any atom is -0.388 e. The van der Waals surface area contributed by atoms with Gasteiger partial charge in [0.05, 0.1) is 11.4 Å². The zero-order chi connectivity index (χ0) is 15.2. The van der Waals surface area contributed by atoms with E-state index in [0.29, 0.717) is 12.1 Å². The van der Waals surface area contributed by atoms with Crippen LogP contribution in [0.3, 0.4) is 0 Å². The van der Waals surface area contributed by atoms with Crippen LogP contribution in [-0.4, -0.2) is 43.5 Å². The van der Waals surface area contributed by atoms with Crippen LogP contribution in [0, 0.1) is 5.41 Å². The molecule has 0 bridgehead atoms. The Kier molecular flexibility index (Phi) is 3.59. The third kappa shape index (κ3) is 3.12. The Hall–Kier alpha value is -1.14. The van der Waals surface area contributed by atoms with Gasteiger partial charge < -0.3 is 10.0 Å². The Labute approximate surface area is 120 Å². The standard InChI is InChI=1S/C14H22N2O3S/c1-13(2)9-16(10-14(13,3)17)12-6-5-11(7-15-12)8-20(4,18)19/h5-7,17H,8-10H2,1-4H3/t14-/m0/s1. The highest BCUT2D eigenvalue weighted by molar-refractivity contribution is 7.89. The van der Waals surface area contributed by atoms with Gasteiger partial charge in [0.25, 0.3) is 0 Å². The van der Waals surface area contributed by atoms with Gasteiger partial charge in [0.1, 0.15) is 5.82 Å². The van der Waals surface area contributed by atoms with E-state index in [1.165, 1.54) is 6.26 Å². The molecule has 2 heterocycles. The molecule has 1 aliphatic rings. The first-order chi connectivity index (χ1) is 9.00. The third-order valence-electron chi connectivity index (χ3n) is 4.10. The maximum absolute atomic E-state index is 11.2. The van der Waals surface area contributed by atoms with Crippen LogP contribution >= 0.6 is 0 Å². The predicted octanol–water partition coefficient (Wildman–Crippen LogP) is 1.22. The summed E-state index contributed by atoms with van der Waals surface area (Å²) in [5, 5.41) is 10.4. The van der Waals surface area contributed by atoms with Crippen molar-refractivity contribution in [3.8, 4) is 0 Å². The first-order valence-electron chi connectivity index (χ1n) is 6.60. The molecule has 1 aromatic rings. The number of hydrogen-bond acceptors (Lipinski definition) is 5. The molecule has 0 aliphatic carbocycles. The molecule has 0 aromatic carbocycles. The zero-order valence-electron chi connectivity index (χ0n) is 12.4. The van der Waals surface area contributed by atoms with E-state index >= 15 is 0 Å². The fourth-order valence-electron chi connectivity index (χ4n) is 2.44. The summed E-state index contributed by atoms with van der Waals surface area (Å²) in [6.07, 6.45) is 2.80. The van der Waals surface area contributed by atoms with Gasteiger partial charge in [0, 0.05) is 31.0 Å². The van der Waals surface area contributed by atoms with Crippen molar-refractivity contribution in [2.75, 3.05) is 24.2 Å². The molecule has 1 N–H and O–H groups in total. The highest BCUT2D eigenvalue weighted by Gasteiger charge is 2.48. The van der Waals surface area contributed by atoms with Gasteiger partial charge in [0.2, 0.25) is 0 Å². The van der Waals surface area contributed by atoms with Gasteiger partial charge in [0.15, 0.2) is 9.84 Å². The van der Waals surface area contributed by atoms with E-state index in [1.807, 2.05) is 31.7 Å². The van der Waals surface area contributed by atoms with Crippen molar-refractivity contribution in [1.29, 1.82) is 0 Å². The van der Waals surface area contributed by atoms with Crippen molar-refractivity contribution >= 4 is 15.7 Å². The highest BCUT2D eigenvalue weighted by Crippen LogP contribution is 2.39. The molecule has 6 heteroatoms. The molecular weight excluding hydrogens is 276 g/mol. The van der Waals surface area contributed by atoms with Gasteiger partial charge in [-0.3, -0.25) is 0 Å². The molecule has 20 heavy (non-hydrogen) atoms. The Morgan fingerprint density at radius 2 is 1.95 bits per heavy atom. The normalized spacial score (nSPS) is 25.9. The number of β-amino-alcohol motifs (C(OH)–C–C–N with tert-alkyl or cyclic N) is 1. The first-order valence-corrected chi connectivity index (χ1v) is 8.66. The summed E-state index contributed by atoms with van der Waals surface area (Å²) >= 11 is 0. The maximum atomic E-state index is 11.2. The van der Waals surface area contributed by atoms with Gasteiger partial charge in [-0.2, -0.15) is 0 Å². The van der Waals surface area contributed by atoms with E-state index in [-0.39, 0.29) is 11.2 Å². The van der Waals surface area contributed by atoms with Crippen molar-refractivity contribution in [3.63, 3.8) is 0 Å². The van der Waals surface area contributed by atoms with E-state index in [0.717, 1.165) is 12.4 Å². The van der Waals surface area contributed by atoms with Gasteiger partial charge in [-0.25, -0.2) is 13.4 Å². The fourth-order valence-corrected chi connectivity index (χ4v) is 3.22. The number of aromatic nitrogens is 1. The minimum atomic E-state index is -3.04. The van der Waals surface area contributed by atoms with E-state index in [9.17, 15) is 13.5 Å². The Bertz CT molecular complexity index is 575. The van der Waals surface area contributed by atoms with Crippen LogP contribution in [0.5, 0.6) is 0 Å². The molecule has 0 unspecified atom stereocenters. The molecule has 112 valence electrons. The number of rotatable bonds is 3. The summed E-state index contributed by atoms with van der Waals surface area (Å²) in [5.41, 5.74) is -0.290. The molecular formula is C14H22N2O3S. The molecule has 0 radical (unpaired) electrons. The lowest BCUT2D eigenvalue weighted by Gasteiger charge is -2.30. The molecule has 2 rings (SSSR count). The van der Waals surface area contributed by atoms with E-state index in [1.54, 1.807) is 12.3 Å². The highest BCUT2D eigenvalue weighted by atomic mass is 32.2. The zero-order valence-corrected chi connectivity index (χ0v) is 13.2. The second-order valence-corrected chi connectivity index (χ2v) is 8.75. The number of aliphatic hydroxyl groups is 1. The van der Waals surface area contributed by atoms with Crippen LogP contribution in [0.4, 0.5) is 5.82 Å². The Morgan fingerprint density at radius 3 is 2.35 bits per heavy atom. The van der Waals surface area contributed by atoms with E-state index in [2.05, 4.69) is 4.98 Å². The van der Waals surface area contributed by atoms with Crippen LogP contribution in [0.1, 0.15) is 26.3 Å². The van der Waals surface area contributed by atoms with Gasteiger partial charge in [-0.15, -0.1) is 0 Å². The summed E-state index contributed by atoms with van der Waals surface area (Å²) in [4.78, 5) is 6.36. The van der Waals surface area contributed by atoms with Crippen LogP contribution in [0.15, 0.2) is 18.3 Å². The largest absolute Gasteiger partial charge is 0.388 e. The smallest absolute Gasteiger partial charge is 0.151 e. The van der Waals surface area contributed by atoms with Gasteiger partial charge >= 0.3 is 0 Å². The summed E-state index contributed by atoms with van der Waals surface area (Å²) in [6, 6.07) is 3.60. The lowest BCUT2D eigenvalue weighted by atomic mass is 9.79. The molecule has 0 spiro atoms. The lowest BCUT2D eigenvalue weighted by Crippen LogP contribution is -2.40.